The van der Waals surface area contributed by atoms with E-state index in [1.54, 1.807) is 42.2 Å². The van der Waals surface area contributed by atoms with Crippen LogP contribution in [0.5, 0.6) is 0 Å². The number of aromatic nitrogens is 4. The fourth-order valence-corrected chi connectivity index (χ4v) is 4.47. The second-order valence-electron chi connectivity index (χ2n) is 7.85. The average molecular weight is 480 g/mol. The lowest BCUT2D eigenvalue weighted by Gasteiger charge is -2.15. The van der Waals surface area contributed by atoms with Crippen LogP contribution in [0.4, 0.5) is 11.5 Å². The minimum absolute atomic E-state index is 0.229. The van der Waals surface area contributed by atoms with Gasteiger partial charge in [0, 0.05) is 35.8 Å². The number of fused-ring (bicyclic) bond motifs is 3. The number of aromatic amines is 1. The van der Waals surface area contributed by atoms with Gasteiger partial charge in [-0.1, -0.05) is 29.3 Å². The van der Waals surface area contributed by atoms with Gasteiger partial charge in [-0.2, -0.15) is 5.10 Å². The molecule has 9 heteroatoms. The van der Waals surface area contributed by atoms with Crippen molar-refractivity contribution >= 4 is 56.4 Å². The quantitative estimate of drug-likeness (QED) is 0.292. The largest absolute Gasteiger partial charge is 0.389 e. The van der Waals surface area contributed by atoms with E-state index < -0.39 is 6.10 Å². The van der Waals surface area contributed by atoms with E-state index in [0.717, 1.165) is 16.5 Å². The van der Waals surface area contributed by atoms with Gasteiger partial charge in [-0.05, 0) is 48.4 Å². The van der Waals surface area contributed by atoms with Gasteiger partial charge in [0.1, 0.15) is 5.82 Å². The highest BCUT2D eigenvalue weighted by molar-refractivity contribution is 6.39. The van der Waals surface area contributed by atoms with Crippen LogP contribution in [0.3, 0.4) is 0 Å². The Bertz CT molecular complexity index is 1570. The molecule has 33 heavy (non-hydrogen) atoms. The van der Waals surface area contributed by atoms with E-state index >= 15 is 0 Å². The molecule has 0 fully saturated rings. The van der Waals surface area contributed by atoms with E-state index in [1.807, 2.05) is 31.4 Å². The second-order valence-corrected chi connectivity index (χ2v) is 8.67. The lowest BCUT2D eigenvalue weighted by atomic mass is 10.0. The predicted molar refractivity (Wildman–Crippen MR) is 132 cm³/mol. The molecule has 0 radical (unpaired) electrons. The Kier molecular flexibility index (Phi) is 5.32. The number of aryl methyl sites for hydroxylation is 1. The maximum absolute atomic E-state index is 12.9. The fourth-order valence-electron chi connectivity index (χ4n) is 3.87. The number of benzene rings is 2. The van der Waals surface area contributed by atoms with Crippen molar-refractivity contribution in [3.8, 4) is 11.1 Å². The van der Waals surface area contributed by atoms with E-state index in [0.29, 0.717) is 43.4 Å². The molecule has 5 rings (SSSR count). The molecule has 3 aromatic heterocycles. The molecular weight excluding hydrogens is 461 g/mol. The molecule has 3 N–H and O–H groups in total. The summed E-state index contributed by atoms with van der Waals surface area (Å²) < 4.78 is 1.73. The van der Waals surface area contributed by atoms with Crippen LogP contribution in [0.2, 0.25) is 10.0 Å². The summed E-state index contributed by atoms with van der Waals surface area (Å²) in [5, 5.41) is 19.8. The standard InChI is InChI=1S/C24H19Cl2N5O2/c1-12(32)14-8-18(25)22(19(26)9-14)30-23-16-5-6-27-24(33)21(16)17-7-13(3-4-20(17)29-23)15-10-28-31(2)11-15/h3-12,32H,1-2H3,(H,27,33)(H,29,30)/t12-/m1/s1. The molecule has 0 unspecified atom stereocenters. The lowest BCUT2D eigenvalue weighted by molar-refractivity contribution is 0.199. The van der Waals surface area contributed by atoms with Crippen molar-refractivity contribution in [1.29, 1.82) is 0 Å². The summed E-state index contributed by atoms with van der Waals surface area (Å²) in [5.74, 6) is 0.450. The van der Waals surface area contributed by atoms with Crippen molar-refractivity contribution < 1.29 is 5.11 Å². The van der Waals surface area contributed by atoms with Crippen molar-refractivity contribution in [2.24, 2.45) is 7.05 Å². The van der Waals surface area contributed by atoms with E-state index in [1.165, 1.54) is 0 Å². The monoisotopic (exact) mass is 479 g/mol. The number of rotatable bonds is 4. The highest BCUT2D eigenvalue weighted by atomic mass is 35.5. The summed E-state index contributed by atoms with van der Waals surface area (Å²) in [7, 11) is 1.86. The third kappa shape index (κ3) is 3.84. The zero-order chi connectivity index (χ0) is 23.3. The van der Waals surface area contributed by atoms with Gasteiger partial charge in [0.25, 0.3) is 5.56 Å². The number of hydrogen-bond donors (Lipinski definition) is 3. The fraction of sp³-hybridized carbons (Fsp3) is 0.125. The molecule has 0 aliphatic heterocycles. The summed E-state index contributed by atoms with van der Waals surface area (Å²) in [6, 6.07) is 10.8. The van der Waals surface area contributed by atoms with Gasteiger partial charge in [0.05, 0.1) is 38.9 Å². The van der Waals surface area contributed by atoms with E-state index in [-0.39, 0.29) is 5.56 Å². The first-order chi connectivity index (χ1) is 15.8. The van der Waals surface area contributed by atoms with E-state index in [4.69, 9.17) is 28.2 Å². The van der Waals surface area contributed by atoms with Gasteiger partial charge < -0.3 is 15.4 Å². The molecule has 1 atom stereocenters. The lowest BCUT2D eigenvalue weighted by Crippen LogP contribution is -2.08. The minimum atomic E-state index is -0.707. The predicted octanol–water partition coefficient (Wildman–Crippen LogP) is 5.58. The van der Waals surface area contributed by atoms with Crippen LogP contribution in [0.25, 0.3) is 32.8 Å². The Balaban J connectivity index is 1.71. The van der Waals surface area contributed by atoms with Crippen LogP contribution < -0.4 is 10.9 Å². The molecule has 2 aromatic carbocycles. The molecule has 0 aliphatic rings. The molecule has 5 aromatic rings. The maximum Gasteiger partial charge on any atom is 0.256 e. The van der Waals surface area contributed by atoms with E-state index in [9.17, 15) is 9.90 Å². The summed E-state index contributed by atoms with van der Waals surface area (Å²) in [6.45, 7) is 1.64. The third-order valence-corrected chi connectivity index (χ3v) is 6.14. The Labute approximate surface area is 198 Å². The first-order valence-corrected chi connectivity index (χ1v) is 11.0. The van der Waals surface area contributed by atoms with Gasteiger partial charge in [0.15, 0.2) is 0 Å². The molecule has 0 amide bonds. The number of anilines is 2. The SMILES string of the molecule is C[C@@H](O)c1cc(Cl)c(Nc2nc3ccc(-c4cnn(C)c4)cc3c3c(=O)[nH]ccc23)c(Cl)c1. The van der Waals surface area contributed by atoms with Crippen LogP contribution in [0.15, 0.2) is 59.8 Å². The molecule has 3 heterocycles. The number of pyridine rings is 2. The van der Waals surface area contributed by atoms with Gasteiger partial charge >= 0.3 is 0 Å². The minimum Gasteiger partial charge on any atom is -0.389 e. The average Bonchev–Trinajstić information content (AvgIpc) is 3.22. The first kappa shape index (κ1) is 21.5. The summed E-state index contributed by atoms with van der Waals surface area (Å²) in [5.41, 5.74) is 3.34. The second kappa shape index (κ2) is 8.19. The molecule has 0 spiro atoms. The normalized spacial score (nSPS) is 12.4. The molecule has 0 bridgehead atoms. The molecule has 7 nitrogen and oxygen atoms in total. The van der Waals surface area contributed by atoms with E-state index in [2.05, 4.69) is 15.4 Å². The molecule has 0 saturated carbocycles. The van der Waals surface area contributed by atoms with Crippen molar-refractivity contribution in [3.63, 3.8) is 0 Å². The highest BCUT2D eigenvalue weighted by Crippen LogP contribution is 2.38. The Morgan fingerprint density at radius 1 is 1.09 bits per heavy atom. The van der Waals surface area contributed by atoms with Crippen molar-refractivity contribution in [2.45, 2.75) is 13.0 Å². The zero-order valence-corrected chi connectivity index (χ0v) is 19.2. The third-order valence-electron chi connectivity index (χ3n) is 5.54. The number of nitrogens with zero attached hydrogens (tertiary/aromatic N) is 3. The van der Waals surface area contributed by atoms with Crippen molar-refractivity contribution in [2.75, 3.05) is 5.32 Å². The molecule has 0 saturated heterocycles. The topological polar surface area (TPSA) is 95.8 Å². The number of halogens is 2. The zero-order valence-electron chi connectivity index (χ0n) is 17.7. The first-order valence-electron chi connectivity index (χ1n) is 10.2. The van der Waals surface area contributed by atoms with Crippen LogP contribution >= 0.6 is 23.2 Å². The van der Waals surface area contributed by atoms with Gasteiger partial charge in [-0.3, -0.25) is 9.48 Å². The number of H-pyrrole nitrogens is 1. The van der Waals surface area contributed by atoms with Gasteiger partial charge in [-0.25, -0.2) is 4.98 Å². The van der Waals surface area contributed by atoms with Crippen LogP contribution in [0.1, 0.15) is 18.6 Å². The van der Waals surface area contributed by atoms with Crippen molar-refractivity contribution in [3.05, 3.63) is 81.0 Å². The molecule has 166 valence electrons. The molecular formula is C24H19Cl2N5O2. The van der Waals surface area contributed by atoms with Gasteiger partial charge in [-0.15, -0.1) is 0 Å². The van der Waals surface area contributed by atoms with Gasteiger partial charge in [0.2, 0.25) is 0 Å². The Hall–Kier alpha value is -3.39. The van der Waals surface area contributed by atoms with Crippen LogP contribution in [-0.4, -0.2) is 24.9 Å². The maximum atomic E-state index is 12.9. The molecule has 0 aliphatic carbocycles. The highest BCUT2D eigenvalue weighted by Gasteiger charge is 2.16. The van der Waals surface area contributed by atoms with Crippen molar-refractivity contribution in [1.82, 2.24) is 19.7 Å². The number of hydrogen-bond acceptors (Lipinski definition) is 5. The van der Waals surface area contributed by atoms with Crippen LogP contribution in [0, 0.1) is 0 Å². The summed E-state index contributed by atoms with van der Waals surface area (Å²) >= 11 is 12.9. The number of aliphatic hydroxyl groups excluding tert-OH is 1. The number of aliphatic hydroxyl groups is 1. The smallest absolute Gasteiger partial charge is 0.256 e. The summed E-state index contributed by atoms with van der Waals surface area (Å²) in [4.78, 5) is 20.4. The Morgan fingerprint density at radius 2 is 1.85 bits per heavy atom. The van der Waals surface area contributed by atoms with Crippen LogP contribution in [-0.2, 0) is 7.05 Å². The number of nitrogens with one attached hydrogen (secondary N) is 2. The Morgan fingerprint density at radius 3 is 2.52 bits per heavy atom. The summed E-state index contributed by atoms with van der Waals surface area (Å²) in [6.07, 6.45) is 4.56.